The minimum atomic E-state index is -0.465. The molecule has 3 aromatic carbocycles. The predicted octanol–water partition coefficient (Wildman–Crippen LogP) is 5.28. The molecule has 1 unspecified atom stereocenters. The molecule has 0 amide bonds. The highest BCUT2D eigenvalue weighted by Crippen LogP contribution is 2.30. The Bertz CT molecular complexity index is 1720. The average Bonchev–Trinajstić information content (AvgIpc) is 3.49. The molecule has 10 heteroatoms. The van der Waals surface area contributed by atoms with Crippen LogP contribution in [-0.2, 0) is 17.8 Å². The van der Waals surface area contributed by atoms with Gasteiger partial charge < -0.3 is 30.5 Å². The zero-order valence-corrected chi connectivity index (χ0v) is 23.7. The molecule has 0 spiro atoms. The van der Waals surface area contributed by atoms with Gasteiger partial charge in [-0.15, -0.1) is 0 Å². The summed E-state index contributed by atoms with van der Waals surface area (Å²) in [5.41, 5.74) is 5.93. The quantitative estimate of drug-likeness (QED) is 0.158. The van der Waals surface area contributed by atoms with Crippen molar-refractivity contribution in [2.75, 3.05) is 43.5 Å². The minimum absolute atomic E-state index is 0.276. The summed E-state index contributed by atoms with van der Waals surface area (Å²) < 4.78 is 21.0. The Morgan fingerprint density at radius 3 is 2.72 bits per heavy atom. The number of halogens is 1. The van der Waals surface area contributed by atoms with Crippen molar-refractivity contribution in [2.24, 2.45) is 0 Å². The molecule has 4 N–H and O–H groups in total. The lowest BCUT2D eigenvalue weighted by Gasteiger charge is -2.28. The number of hydrogen-bond donors (Lipinski definition) is 4. The predicted molar refractivity (Wildman–Crippen MR) is 168 cm³/mol. The highest BCUT2D eigenvalue weighted by molar-refractivity contribution is 5.94. The molecule has 1 fully saturated rings. The molecule has 1 aliphatic heterocycles. The van der Waals surface area contributed by atoms with Gasteiger partial charge in [-0.2, -0.15) is 0 Å². The fraction of sp³-hybridized carbons (Fsp3) is 0.242. The van der Waals surface area contributed by atoms with Crippen LogP contribution in [0.1, 0.15) is 11.1 Å². The number of aliphatic hydroxyl groups excluding tert-OH is 1. The van der Waals surface area contributed by atoms with Gasteiger partial charge in [0.05, 0.1) is 24.8 Å². The van der Waals surface area contributed by atoms with Gasteiger partial charge in [0.15, 0.2) is 0 Å². The number of morpholine rings is 1. The van der Waals surface area contributed by atoms with E-state index in [4.69, 9.17) is 10.1 Å². The smallest absolute Gasteiger partial charge is 0.141 e. The van der Waals surface area contributed by atoms with E-state index in [0.29, 0.717) is 44.2 Å². The highest BCUT2D eigenvalue weighted by atomic mass is 19.1. The van der Waals surface area contributed by atoms with E-state index in [1.807, 2.05) is 59.4 Å². The van der Waals surface area contributed by atoms with E-state index in [1.165, 1.54) is 24.7 Å². The Hall–Kier alpha value is -4.64. The van der Waals surface area contributed by atoms with E-state index in [0.717, 1.165) is 52.1 Å². The maximum absolute atomic E-state index is 13.6. The van der Waals surface area contributed by atoms with E-state index in [2.05, 4.69) is 31.6 Å². The molecule has 3 heterocycles. The van der Waals surface area contributed by atoms with Crippen LogP contribution >= 0.6 is 0 Å². The van der Waals surface area contributed by atoms with Crippen LogP contribution in [0, 0.1) is 11.2 Å². The Morgan fingerprint density at radius 1 is 1.00 bits per heavy atom. The first kappa shape index (κ1) is 28.5. The largest absolute Gasteiger partial charge is 0.390 e. The zero-order chi connectivity index (χ0) is 29.6. The molecule has 2 aromatic heterocycles. The third kappa shape index (κ3) is 7.06. The molecule has 220 valence electrons. The summed E-state index contributed by atoms with van der Waals surface area (Å²) in [6, 6.07) is 20.3. The maximum atomic E-state index is 13.6. The second kappa shape index (κ2) is 13.1. The van der Waals surface area contributed by atoms with E-state index >= 15 is 0 Å². The van der Waals surface area contributed by atoms with Crippen molar-refractivity contribution in [1.29, 1.82) is 5.41 Å². The van der Waals surface area contributed by atoms with Crippen molar-refractivity contribution in [1.82, 2.24) is 19.4 Å². The molecule has 0 aliphatic carbocycles. The summed E-state index contributed by atoms with van der Waals surface area (Å²) in [5, 5.41) is 26.1. The van der Waals surface area contributed by atoms with Crippen molar-refractivity contribution >= 4 is 34.3 Å². The number of rotatable bonds is 11. The monoisotopic (exact) mass is 579 g/mol. The lowest BCUT2D eigenvalue weighted by Crippen LogP contribution is -2.41. The summed E-state index contributed by atoms with van der Waals surface area (Å²) >= 11 is 0. The van der Waals surface area contributed by atoms with Gasteiger partial charge >= 0.3 is 0 Å². The summed E-state index contributed by atoms with van der Waals surface area (Å²) in [6.45, 7) is 4.72. The molecule has 1 aliphatic rings. The number of β-amino-alcohol motifs (C(OH)–C–C–N with tert-alkyl or cyclic N) is 1. The number of anilines is 3. The summed E-state index contributed by atoms with van der Waals surface area (Å²) in [5.74, 6) is 0.380. The van der Waals surface area contributed by atoms with Crippen LogP contribution in [0.5, 0.6) is 0 Å². The molecule has 0 bridgehead atoms. The van der Waals surface area contributed by atoms with E-state index < -0.39 is 6.10 Å². The second-order valence-electron chi connectivity index (χ2n) is 10.7. The van der Waals surface area contributed by atoms with Gasteiger partial charge in [0, 0.05) is 73.7 Å². The number of aliphatic hydroxyl groups is 1. The molecule has 43 heavy (non-hydrogen) atoms. The van der Waals surface area contributed by atoms with Crippen LogP contribution in [0.3, 0.4) is 0 Å². The van der Waals surface area contributed by atoms with Gasteiger partial charge in [-0.05, 0) is 65.2 Å². The Labute approximate surface area is 249 Å². The first-order valence-corrected chi connectivity index (χ1v) is 14.3. The van der Waals surface area contributed by atoms with Gasteiger partial charge in [0.1, 0.15) is 18.0 Å². The number of nitrogens with zero attached hydrogens (tertiary/aromatic N) is 4. The third-order valence-corrected chi connectivity index (χ3v) is 7.56. The SMILES string of the molecule is N=Cc1cc(Nc2ncnc3ccc(-c4ccn(CC(O)CN5CCOCC5)c4)cc23)ccc1NCc1cccc(F)c1. The van der Waals surface area contributed by atoms with Gasteiger partial charge in [0.25, 0.3) is 0 Å². The molecule has 6 rings (SSSR count). The fourth-order valence-electron chi connectivity index (χ4n) is 5.35. The van der Waals surface area contributed by atoms with Gasteiger partial charge in [0.2, 0.25) is 0 Å². The molecular weight excluding hydrogens is 545 g/mol. The molecular formula is C33H34FN7O2. The molecule has 0 saturated carbocycles. The number of ether oxygens (including phenoxy) is 1. The summed E-state index contributed by atoms with van der Waals surface area (Å²) in [4.78, 5) is 11.2. The van der Waals surface area contributed by atoms with Crippen molar-refractivity contribution in [2.45, 2.75) is 19.2 Å². The van der Waals surface area contributed by atoms with Gasteiger partial charge in [-0.1, -0.05) is 18.2 Å². The van der Waals surface area contributed by atoms with Crippen molar-refractivity contribution < 1.29 is 14.2 Å². The van der Waals surface area contributed by atoms with Gasteiger partial charge in [-0.25, -0.2) is 14.4 Å². The van der Waals surface area contributed by atoms with Crippen molar-refractivity contribution in [3.63, 3.8) is 0 Å². The van der Waals surface area contributed by atoms with Crippen LogP contribution in [0.25, 0.3) is 22.0 Å². The number of aromatic nitrogens is 3. The first-order valence-electron chi connectivity index (χ1n) is 14.3. The van der Waals surface area contributed by atoms with Crippen molar-refractivity contribution in [3.8, 4) is 11.1 Å². The maximum Gasteiger partial charge on any atom is 0.141 e. The number of hydrogen-bond acceptors (Lipinski definition) is 8. The lowest BCUT2D eigenvalue weighted by molar-refractivity contribution is 0.0115. The normalized spacial score (nSPS) is 14.5. The third-order valence-electron chi connectivity index (χ3n) is 7.56. The zero-order valence-electron chi connectivity index (χ0n) is 23.7. The summed E-state index contributed by atoms with van der Waals surface area (Å²) in [6.07, 6.45) is 6.40. The first-order chi connectivity index (χ1) is 21.0. The topological polar surface area (TPSA) is 111 Å². The second-order valence-corrected chi connectivity index (χ2v) is 10.7. The van der Waals surface area contributed by atoms with Gasteiger partial charge in [-0.3, -0.25) is 4.90 Å². The Kier molecular flexibility index (Phi) is 8.69. The fourth-order valence-corrected chi connectivity index (χ4v) is 5.35. The highest BCUT2D eigenvalue weighted by Gasteiger charge is 2.16. The van der Waals surface area contributed by atoms with Crippen molar-refractivity contribution in [3.05, 3.63) is 102 Å². The molecule has 9 nitrogen and oxygen atoms in total. The molecule has 0 radical (unpaired) electrons. The molecule has 5 aromatic rings. The van der Waals surface area contributed by atoms with Crippen LogP contribution in [0.4, 0.5) is 21.6 Å². The lowest BCUT2D eigenvalue weighted by atomic mass is 10.1. The van der Waals surface area contributed by atoms with Crippen LogP contribution < -0.4 is 10.6 Å². The number of nitrogens with one attached hydrogen (secondary N) is 3. The summed E-state index contributed by atoms with van der Waals surface area (Å²) in [7, 11) is 0. The minimum Gasteiger partial charge on any atom is -0.390 e. The Balaban J connectivity index is 1.17. The van der Waals surface area contributed by atoms with Crippen LogP contribution in [0.2, 0.25) is 0 Å². The van der Waals surface area contributed by atoms with E-state index in [-0.39, 0.29) is 5.82 Å². The number of fused-ring (bicyclic) bond motifs is 1. The van der Waals surface area contributed by atoms with Crippen LogP contribution in [0.15, 0.2) is 85.5 Å². The molecule has 1 atom stereocenters. The Morgan fingerprint density at radius 2 is 1.88 bits per heavy atom. The average molecular weight is 580 g/mol. The van der Waals surface area contributed by atoms with E-state index in [9.17, 15) is 9.50 Å². The number of benzene rings is 3. The molecule has 1 saturated heterocycles. The standard InChI is InChI=1S/C33H34FN7O2/c34-27-3-1-2-23(14-27)18-36-31-7-5-28(15-26(31)17-35)39-33-30-16-24(4-6-32(30)37-22-38-33)25-8-9-41(19-25)21-29(42)20-40-10-12-43-13-11-40/h1-9,14-17,19,22,29,35-36,42H,10-13,18,20-21H2,(H,37,38,39). The van der Waals surface area contributed by atoms with Crippen LogP contribution in [-0.4, -0.2) is 69.7 Å². The van der Waals surface area contributed by atoms with E-state index in [1.54, 1.807) is 6.07 Å².